The molecule has 1 saturated heterocycles. The highest BCUT2D eigenvalue weighted by Crippen LogP contribution is 2.37. The lowest BCUT2D eigenvalue weighted by Gasteiger charge is -2.17. The summed E-state index contributed by atoms with van der Waals surface area (Å²) in [4.78, 5) is 23.3. The van der Waals surface area contributed by atoms with Crippen molar-refractivity contribution in [2.24, 2.45) is 0 Å². The van der Waals surface area contributed by atoms with E-state index >= 15 is 0 Å². The molecule has 2 rings (SSSR count). The minimum atomic E-state index is -0.555. The first-order valence-corrected chi connectivity index (χ1v) is 5.41. The Morgan fingerprint density at radius 3 is 2.76 bits per heavy atom. The Kier molecular flexibility index (Phi) is 2.89. The molecule has 1 amide bonds. The van der Waals surface area contributed by atoms with Crippen LogP contribution in [-0.4, -0.2) is 22.8 Å². The standard InChI is InChI=1S/C10H10ClN3O3/c11-6-4-9(15)13(5-6)10-7(12)2-1-3-8(10)14(16)17/h1-3,6H,4-5,12H2. The van der Waals surface area contributed by atoms with Crippen molar-refractivity contribution in [3.05, 3.63) is 28.3 Å². The number of para-hydroxylation sites is 1. The molecule has 1 atom stereocenters. The molecule has 1 aliphatic rings. The third kappa shape index (κ3) is 2.03. The smallest absolute Gasteiger partial charge is 0.295 e. The van der Waals surface area contributed by atoms with Gasteiger partial charge in [0, 0.05) is 19.0 Å². The average Bonchev–Trinajstić information content (AvgIpc) is 2.57. The van der Waals surface area contributed by atoms with Crippen LogP contribution < -0.4 is 10.6 Å². The van der Waals surface area contributed by atoms with Gasteiger partial charge < -0.3 is 10.6 Å². The molecular weight excluding hydrogens is 246 g/mol. The van der Waals surface area contributed by atoms with Crippen molar-refractivity contribution < 1.29 is 9.72 Å². The third-order valence-electron chi connectivity index (χ3n) is 2.59. The molecule has 0 saturated carbocycles. The highest BCUT2D eigenvalue weighted by Gasteiger charge is 2.34. The molecule has 1 aliphatic heterocycles. The van der Waals surface area contributed by atoms with Crippen LogP contribution >= 0.6 is 11.6 Å². The van der Waals surface area contributed by atoms with Crippen LogP contribution in [0.5, 0.6) is 0 Å². The summed E-state index contributed by atoms with van der Waals surface area (Å²) in [5.41, 5.74) is 5.88. The molecule has 1 aromatic rings. The zero-order valence-corrected chi connectivity index (χ0v) is 9.55. The molecule has 6 nitrogen and oxygen atoms in total. The van der Waals surface area contributed by atoms with Gasteiger partial charge in [0.15, 0.2) is 0 Å². The van der Waals surface area contributed by atoms with Gasteiger partial charge in [-0.1, -0.05) is 6.07 Å². The highest BCUT2D eigenvalue weighted by atomic mass is 35.5. The molecule has 90 valence electrons. The van der Waals surface area contributed by atoms with Crippen LogP contribution in [0.3, 0.4) is 0 Å². The number of nitrogens with two attached hydrogens (primary N) is 1. The number of anilines is 2. The topological polar surface area (TPSA) is 89.5 Å². The SMILES string of the molecule is Nc1cccc([N+](=O)[O-])c1N1CC(Cl)CC1=O. The van der Waals surface area contributed by atoms with Crippen molar-refractivity contribution in [3.63, 3.8) is 0 Å². The maximum Gasteiger partial charge on any atom is 0.295 e. The molecule has 7 heteroatoms. The van der Waals surface area contributed by atoms with Gasteiger partial charge in [-0.05, 0) is 6.07 Å². The number of nitrogens with zero attached hydrogens (tertiary/aromatic N) is 2. The van der Waals surface area contributed by atoms with Gasteiger partial charge in [0.25, 0.3) is 5.69 Å². The number of halogens is 1. The van der Waals surface area contributed by atoms with Gasteiger partial charge in [0.05, 0.1) is 16.0 Å². The maximum atomic E-state index is 11.7. The molecule has 0 bridgehead atoms. The molecule has 1 fully saturated rings. The van der Waals surface area contributed by atoms with Crippen LogP contribution in [-0.2, 0) is 4.79 Å². The predicted molar refractivity (Wildman–Crippen MR) is 64.1 cm³/mol. The Labute approximate surface area is 102 Å². The molecule has 1 heterocycles. The normalized spacial score (nSPS) is 19.7. The van der Waals surface area contributed by atoms with Gasteiger partial charge in [0.1, 0.15) is 5.69 Å². The summed E-state index contributed by atoms with van der Waals surface area (Å²) in [6.07, 6.45) is 0.174. The first-order valence-electron chi connectivity index (χ1n) is 4.98. The zero-order chi connectivity index (χ0) is 12.6. The summed E-state index contributed by atoms with van der Waals surface area (Å²) in [6.45, 7) is 0.245. The van der Waals surface area contributed by atoms with Gasteiger partial charge >= 0.3 is 0 Å². The van der Waals surface area contributed by atoms with E-state index in [2.05, 4.69) is 0 Å². The van der Waals surface area contributed by atoms with Crippen molar-refractivity contribution >= 4 is 34.6 Å². The van der Waals surface area contributed by atoms with Crippen LogP contribution in [0.25, 0.3) is 0 Å². The summed E-state index contributed by atoms with van der Waals surface area (Å²) < 4.78 is 0. The molecule has 2 N–H and O–H groups in total. The third-order valence-corrected chi connectivity index (χ3v) is 2.88. The van der Waals surface area contributed by atoms with E-state index in [0.29, 0.717) is 0 Å². The molecule has 0 spiro atoms. The Bertz CT molecular complexity index is 492. The number of benzene rings is 1. The number of nitrogen functional groups attached to an aromatic ring is 1. The van der Waals surface area contributed by atoms with Gasteiger partial charge in [0.2, 0.25) is 5.91 Å². The Morgan fingerprint density at radius 1 is 1.53 bits per heavy atom. The van der Waals surface area contributed by atoms with E-state index < -0.39 is 4.92 Å². The van der Waals surface area contributed by atoms with Crippen molar-refractivity contribution in [2.75, 3.05) is 17.2 Å². The number of nitro benzene ring substituents is 1. The first-order chi connectivity index (χ1) is 8.00. The number of rotatable bonds is 2. The van der Waals surface area contributed by atoms with Crippen LogP contribution in [0.1, 0.15) is 6.42 Å². The quantitative estimate of drug-likeness (QED) is 0.375. The summed E-state index contributed by atoms with van der Waals surface area (Å²) in [5, 5.41) is 10.6. The minimum Gasteiger partial charge on any atom is -0.397 e. The lowest BCUT2D eigenvalue weighted by molar-refractivity contribution is -0.384. The van der Waals surface area contributed by atoms with Crippen molar-refractivity contribution in [1.82, 2.24) is 0 Å². The largest absolute Gasteiger partial charge is 0.397 e. The van der Waals surface area contributed by atoms with Crippen molar-refractivity contribution in [1.29, 1.82) is 0 Å². The lowest BCUT2D eigenvalue weighted by atomic mass is 10.2. The van der Waals surface area contributed by atoms with Gasteiger partial charge in [-0.2, -0.15) is 0 Å². The van der Waals surface area contributed by atoms with E-state index in [1.165, 1.54) is 23.1 Å². The maximum absolute atomic E-state index is 11.7. The second kappa shape index (κ2) is 4.21. The Hall–Kier alpha value is -1.82. The van der Waals surface area contributed by atoms with Gasteiger partial charge in [-0.15, -0.1) is 11.6 Å². The monoisotopic (exact) mass is 255 g/mol. The number of carbonyl (C=O) groups is 1. The molecular formula is C10H10ClN3O3. The van der Waals surface area contributed by atoms with Crippen molar-refractivity contribution in [2.45, 2.75) is 11.8 Å². The fourth-order valence-electron chi connectivity index (χ4n) is 1.87. The molecule has 0 aromatic heterocycles. The van der Waals surface area contributed by atoms with Crippen molar-refractivity contribution in [3.8, 4) is 0 Å². The number of hydrogen-bond donors (Lipinski definition) is 1. The second-order valence-electron chi connectivity index (χ2n) is 3.78. The van der Waals surface area contributed by atoms with Gasteiger partial charge in [-0.3, -0.25) is 14.9 Å². The fraction of sp³-hybridized carbons (Fsp3) is 0.300. The second-order valence-corrected chi connectivity index (χ2v) is 4.40. The lowest BCUT2D eigenvalue weighted by Crippen LogP contribution is -2.26. The Balaban J connectivity index is 2.51. The number of nitro groups is 1. The van der Waals surface area contributed by atoms with E-state index in [1.54, 1.807) is 0 Å². The van der Waals surface area contributed by atoms with E-state index in [-0.39, 0.29) is 41.3 Å². The summed E-state index contributed by atoms with van der Waals surface area (Å²) in [7, 11) is 0. The number of hydrogen-bond acceptors (Lipinski definition) is 4. The summed E-state index contributed by atoms with van der Waals surface area (Å²) in [5.74, 6) is -0.244. The fourth-order valence-corrected chi connectivity index (χ4v) is 2.14. The van der Waals surface area contributed by atoms with Crippen LogP contribution in [0.15, 0.2) is 18.2 Å². The van der Waals surface area contributed by atoms with E-state index in [1.807, 2.05) is 0 Å². The highest BCUT2D eigenvalue weighted by molar-refractivity contribution is 6.24. The van der Waals surface area contributed by atoms with E-state index in [0.717, 1.165) is 0 Å². The minimum absolute atomic E-state index is 0.144. The summed E-state index contributed by atoms with van der Waals surface area (Å²) in [6, 6.07) is 4.33. The number of carbonyl (C=O) groups excluding carboxylic acids is 1. The Morgan fingerprint density at radius 2 is 2.24 bits per heavy atom. The van der Waals surface area contributed by atoms with Crippen LogP contribution in [0.2, 0.25) is 0 Å². The zero-order valence-electron chi connectivity index (χ0n) is 8.80. The average molecular weight is 256 g/mol. The molecule has 17 heavy (non-hydrogen) atoms. The van der Waals surface area contributed by atoms with E-state index in [4.69, 9.17) is 17.3 Å². The number of amides is 1. The van der Waals surface area contributed by atoms with Gasteiger partial charge in [-0.25, -0.2) is 0 Å². The van der Waals surface area contributed by atoms with E-state index in [9.17, 15) is 14.9 Å². The molecule has 0 aliphatic carbocycles. The van der Waals surface area contributed by atoms with Crippen LogP contribution in [0, 0.1) is 10.1 Å². The molecule has 1 unspecified atom stereocenters. The molecule has 0 radical (unpaired) electrons. The number of alkyl halides is 1. The first kappa shape index (κ1) is 11.7. The predicted octanol–water partition coefficient (Wildman–Crippen LogP) is 1.52. The summed E-state index contributed by atoms with van der Waals surface area (Å²) >= 11 is 5.86. The molecule has 1 aromatic carbocycles. The van der Waals surface area contributed by atoms with Crippen LogP contribution in [0.4, 0.5) is 17.1 Å².